The van der Waals surface area contributed by atoms with Gasteiger partial charge in [0, 0.05) is 36.9 Å². The molecule has 2 aromatic heterocycles. The molecule has 1 N–H and O–H groups in total. The van der Waals surface area contributed by atoms with E-state index in [1.165, 1.54) is 18.3 Å². The minimum Gasteiger partial charge on any atom is -0.378 e. The first kappa shape index (κ1) is 18.1. The summed E-state index contributed by atoms with van der Waals surface area (Å²) in [7, 11) is 0. The fourth-order valence-electron chi connectivity index (χ4n) is 3.23. The van der Waals surface area contributed by atoms with Gasteiger partial charge in [0.2, 0.25) is 0 Å². The van der Waals surface area contributed by atoms with Gasteiger partial charge in [-0.05, 0) is 37.3 Å². The third-order valence-corrected chi connectivity index (χ3v) is 4.68. The molecule has 7 nitrogen and oxygen atoms in total. The number of carbonyl (C=O) groups excluding carboxylic acids is 1. The van der Waals surface area contributed by atoms with E-state index in [-0.39, 0.29) is 5.91 Å². The van der Waals surface area contributed by atoms with Gasteiger partial charge in [0.1, 0.15) is 5.82 Å². The van der Waals surface area contributed by atoms with Crippen molar-refractivity contribution >= 4 is 17.3 Å². The zero-order chi connectivity index (χ0) is 19.5. The van der Waals surface area contributed by atoms with Crippen LogP contribution in [0.2, 0.25) is 0 Å². The van der Waals surface area contributed by atoms with Crippen molar-refractivity contribution in [3.63, 3.8) is 0 Å². The number of nitrogens with zero attached hydrogens (tertiary/aromatic N) is 4. The fourth-order valence-corrected chi connectivity index (χ4v) is 3.23. The van der Waals surface area contributed by atoms with E-state index in [0.717, 1.165) is 11.4 Å². The Labute approximate surface area is 161 Å². The summed E-state index contributed by atoms with van der Waals surface area (Å²) in [6.07, 6.45) is 4.83. The molecule has 0 unspecified atom stereocenters. The maximum Gasteiger partial charge on any atom is 0.259 e. The van der Waals surface area contributed by atoms with Gasteiger partial charge in [-0.3, -0.25) is 9.78 Å². The third-order valence-electron chi connectivity index (χ3n) is 4.68. The lowest BCUT2D eigenvalue weighted by Gasteiger charge is -2.29. The number of amides is 1. The van der Waals surface area contributed by atoms with Crippen LogP contribution >= 0.6 is 0 Å². The number of halogens is 1. The van der Waals surface area contributed by atoms with Gasteiger partial charge in [-0.15, -0.1) is 0 Å². The highest BCUT2D eigenvalue weighted by molar-refractivity contribution is 6.05. The highest BCUT2D eigenvalue weighted by atomic mass is 19.1. The largest absolute Gasteiger partial charge is 0.378 e. The van der Waals surface area contributed by atoms with Crippen LogP contribution in [0.4, 0.5) is 15.8 Å². The van der Waals surface area contributed by atoms with Crippen molar-refractivity contribution in [3.8, 4) is 5.69 Å². The van der Waals surface area contributed by atoms with Crippen LogP contribution in [-0.4, -0.2) is 47.0 Å². The van der Waals surface area contributed by atoms with E-state index in [1.54, 1.807) is 23.1 Å². The first-order chi connectivity index (χ1) is 13.6. The molecular weight excluding hydrogens is 361 g/mol. The molecule has 0 atom stereocenters. The molecule has 1 fully saturated rings. The Balaban J connectivity index is 1.56. The number of ether oxygens (including phenoxy) is 1. The highest BCUT2D eigenvalue weighted by Crippen LogP contribution is 2.24. The smallest absolute Gasteiger partial charge is 0.259 e. The lowest BCUT2D eigenvalue weighted by Crippen LogP contribution is -2.36. The van der Waals surface area contributed by atoms with E-state index < -0.39 is 5.82 Å². The number of hydrogen-bond donors (Lipinski definition) is 1. The molecule has 0 bridgehead atoms. The molecule has 144 valence electrons. The van der Waals surface area contributed by atoms with Crippen LogP contribution in [-0.2, 0) is 4.74 Å². The number of aromatic nitrogens is 3. The summed E-state index contributed by atoms with van der Waals surface area (Å²) in [6.45, 7) is 4.40. The lowest BCUT2D eigenvalue weighted by atomic mass is 10.2. The Morgan fingerprint density at radius 2 is 1.89 bits per heavy atom. The summed E-state index contributed by atoms with van der Waals surface area (Å²) < 4.78 is 21.1. The number of hydrogen-bond acceptors (Lipinski definition) is 5. The van der Waals surface area contributed by atoms with Crippen molar-refractivity contribution in [1.82, 2.24) is 14.8 Å². The second-order valence-corrected chi connectivity index (χ2v) is 6.51. The third kappa shape index (κ3) is 3.72. The van der Waals surface area contributed by atoms with Gasteiger partial charge in [0.15, 0.2) is 0 Å². The zero-order valence-corrected chi connectivity index (χ0v) is 15.4. The summed E-state index contributed by atoms with van der Waals surface area (Å²) in [5, 5.41) is 7.07. The summed E-state index contributed by atoms with van der Waals surface area (Å²) in [5.41, 5.74) is 3.06. The van der Waals surface area contributed by atoms with Crippen molar-refractivity contribution in [2.45, 2.75) is 6.92 Å². The second-order valence-electron chi connectivity index (χ2n) is 6.51. The lowest BCUT2D eigenvalue weighted by molar-refractivity contribution is 0.102. The normalized spacial score (nSPS) is 14.1. The summed E-state index contributed by atoms with van der Waals surface area (Å²) in [6, 6.07) is 8.17. The molecule has 0 radical (unpaired) electrons. The molecule has 0 spiro atoms. The average Bonchev–Trinajstić information content (AvgIpc) is 3.10. The van der Waals surface area contributed by atoms with E-state index >= 15 is 0 Å². The van der Waals surface area contributed by atoms with Crippen LogP contribution in [0.5, 0.6) is 0 Å². The van der Waals surface area contributed by atoms with Gasteiger partial charge in [-0.2, -0.15) is 5.10 Å². The molecule has 4 rings (SSSR count). The van der Waals surface area contributed by atoms with Gasteiger partial charge < -0.3 is 15.0 Å². The van der Waals surface area contributed by atoms with Gasteiger partial charge in [-0.1, -0.05) is 0 Å². The number of nitrogens with one attached hydrogen (secondary N) is 1. The first-order valence-electron chi connectivity index (χ1n) is 9.01. The topological polar surface area (TPSA) is 72.3 Å². The molecule has 1 amide bonds. The maximum absolute atomic E-state index is 14.1. The minimum atomic E-state index is -0.400. The molecule has 3 aromatic rings. The summed E-state index contributed by atoms with van der Waals surface area (Å²) in [4.78, 5) is 18.8. The second kappa shape index (κ2) is 7.77. The maximum atomic E-state index is 14.1. The number of carbonyl (C=O) groups is 1. The first-order valence-corrected chi connectivity index (χ1v) is 9.01. The minimum absolute atomic E-state index is 0.337. The Kier molecular flexibility index (Phi) is 5.03. The Hall–Kier alpha value is -3.26. The van der Waals surface area contributed by atoms with Crippen LogP contribution in [0.1, 0.15) is 16.1 Å². The number of morpholine rings is 1. The van der Waals surface area contributed by atoms with Gasteiger partial charge >= 0.3 is 0 Å². The fraction of sp³-hybridized carbons (Fsp3) is 0.250. The van der Waals surface area contributed by atoms with Crippen LogP contribution in [0.3, 0.4) is 0 Å². The number of rotatable bonds is 4. The van der Waals surface area contributed by atoms with E-state index in [4.69, 9.17) is 4.74 Å². The van der Waals surface area contributed by atoms with Crippen LogP contribution < -0.4 is 10.2 Å². The van der Waals surface area contributed by atoms with Crippen molar-refractivity contribution in [1.29, 1.82) is 0 Å². The molecule has 1 aliphatic heterocycles. The van der Waals surface area contributed by atoms with Crippen molar-refractivity contribution < 1.29 is 13.9 Å². The molecule has 8 heteroatoms. The Morgan fingerprint density at radius 3 is 2.64 bits per heavy atom. The quantitative estimate of drug-likeness (QED) is 0.752. The predicted molar refractivity (Wildman–Crippen MR) is 103 cm³/mol. The molecule has 28 heavy (non-hydrogen) atoms. The van der Waals surface area contributed by atoms with Crippen LogP contribution in [0, 0.1) is 12.7 Å². The standard InChI is InChI=1S/C20H20FN5O2/c1-14-19(13-23-26(14)17-2-4-22-5-3-17)20(27)24-16-10-15(21)11-18(12-16)25-6-8-28-9-7-25/h2-5,10-13H,6-9H2,1H3,(H,24,27). The zero-order valence-electron chi connectivity index (χ0n) is 15.4. The van der Waals surface area contributed by atoms with E-state index in [9.17, 15) is 9.18 Å². The monoisotopic (exact) mass is 381 g/mol. The molecular formula is C20H20FN5O2. The number of anilines is 2. The molecule has 1 aliphatic rings. The van der Waals surface area contributed by atoms with Gasteiger partial charge in [-0.25, -0.2) is 9.07 Å². The van der Waals surface area contributed by atoms with E-state index in [1.807, 2.05) is 24.0 Å². The molecule has 0 saturated carbocycles. The Morgan fingerprint density at radius 1 is 1.14 bits per heavy atom. The van der Waals surface area contributed by atoms with Gasteiger partial charge in [0.25, 0.3) is 5.91 Å². The van der Waals surface area contributed by atoms with Gasteiger partial charge in [0.05, 0.1) is 36.4 Å². The molecule has 1 saturated heterocycles. The molecule has 1 aromatic carbocycles. The molecule has 3 heterocycles. The van der Waals surface area contributed by atoms with E-state index in [2.05, 4.69) is 15.4 Å². The molecule has 0 aliphatic carbocycles. The number of pyridine rings is 1. The highest BCUT2D eigenvalue weighted by Gasteiger charge is 2.17. The van der Waals surface area contributed by atoms with E-state index in [0.29, 0.717) is 43.2 Å². The SMILES string of the molecule is Cc1c(C(=O)Nc2cc(F)cc(N3CCOCC3)c2)cnn1-c1ccncc1. The van der Waals surface area contributed by atoms with Crippen LogP contribution in [0.25, 0.3) is 5.69 Å². The number of benzene rings is 1. The predicted octanol–water partition coefficient (Wildman–Crippen LogP) is 2.80. The summed E-state index contributed by atoms with van der Waals surface area (Å²) >= 11 is 0. The van der Waals surface area contributed by atoms with Crippen molar-refractivity contribution in [2.24, 2.45) is 0 Å². The van der Waals surface area contributed by atoms with Crippen molar-refractivity contribution in [2.75, 3.05) is 36.5 Å². The Bertz CT molecular complexity index is 984. The summed E-state index contributed by atoms with van der Waals surface area (Å²) in [5.74, 6) is -0.736. The van der Waals surface area contributed by atoms with Crippen molar-refractivity contribution in [3.05, 3.63) is 66.0 Å². The average molecular weight is 381 g/mol. The van der Waals surface area contributed by atoms with Crippen LogP contribution in [0.15, 0.2) is 48.9 Å².